The van der Waals surface area contributed by atoms with Gasteiger partial charge in [-0.15, -0.1) is 0 Å². The first-order valence-electron chi connectivity index (χ1n) is 6.15. The Labute approximate surface area is 115 Å². The van der Waals surface area contributed by atoms with E-state index in [-0.39, 0.29) is 11.6 Å². The third-order valence-corrected chi connectivity index (χ3v) is 4.69. The fraction of sp³-hybridized carbons (Fsp3) is 0.462. The zero-order valence-corrected chi connectivity index (χ0v) is 12.4. The quantitative estimate of drug-likeness (QED) is 0.616. The molecule has 0 fully saturated rings. The summed E-state index contributed by atoms with van der Waals surface area (Å²) in [6, 6.07) is 6.76. The van der Waals surface area contributed by atoms with E-state index in [0.717, 1.165) is 0 Å². The van der Waals surface area contributed by atoms with Crippen molar-refractivity contribution in [1.29, 1.82) is 5.41 Å². The maximum Gasteiger partial charge on any atom is 0.234 e. The molecule has 0 aliphatic rings. The van der Waals surface area contributed by atoms with Gasteiger partial charge >= 0.3 is 0 Å². The second-order valence-electron chi connectivity index (χ2n) is 4.90. The number of amidine groups is 1. The number of nitrogens with two attached hydrogens (primary N) is 1. The molecule has 6 heteroatoms. The van der Waals surface area contributed by atoms with E-state index in [9.17, 15) is 8.42 Å². The molecule has 3 N–H and O–H groups in total. The number of benzene rings is 1. The van der Waals surface area contributed by atoms with E-state index in [1.807, 2.05) is 13.8 Å². The van der Waals surface area contributed by atoms with Gasteiger partial charge in [-0.3, -0.25) is 9.71 Å². The van der Waals surface area contributed by atoms with Crippen LogP contribution in [0.2, 0.25) is 0 Å². The Morgan fingerprint density at radius 1 is 1.37 bits per heavy atom. The van der Waals surface area contributed by atoms with Gasteiger partial charge in [0, 0.05) is 12.6 Å². The summed E-state index contributed by atoms with van der Waals surface area (Å²) in [5, 5.41) is 7.50. The van der Waals surface area contributed by atoms with Gasteiger partial charge in [0.25, 0.3) is 0 Å². The largest absolute Gasteiger partial charge is 0.384 e. The number of nitrogens with zero attached hydrogens (tertiary/aromatic N) is 1. The molecule has 0 saturated heterocycles. The number of para-hydroxylation sites is 1. The van der Waals surface area contributed by atoms with Gasteiger partial charge in [-0.25, -0.2) is 8.42 Å². The van der Waals surface area contributed by atoms with E-state index < -0.39 is 10.0 Å². The molecule has 19 heavy (non-hydrogen) atoms. The van der Waals surface area contributed by atoms with Crippen LogP contribution in [0.3, 0.4) is 0 Å². The van der Waals surface area contributed by atoms with Crippen LogP contribution in [-0.4, -0.2) is 27.1 Å². The monoisotopic (exact) mass is 283 g/mol. The van der Waals surface area contributed by atoms with Crippen molar-refractivity contribution in [2.75, 3.05) is 17.1 Å². The zero-order valence-electron chi connectivity index (χ0n) is 11.6. The number of hydrogen-bond acceptors (Lipinski definition) is 3. The summed E-state index contributed by atoms with van der Waals surface area (Å²) in [7, 11) is -1.89. The van der Waals surface area contributed by atoms with Crippen molar-refractivity contribution in [3.63, 3.8) is 0 Å². The Hall–Kier alpha value is -1.56. The summed E-state index contributed by atoms with van der Waals surface area (Å²) in [6.07, 6.45) is 0.606. The first kappa shape index (κ1) is 15.5. The maximum absolute atomic E-state index is 12.2. The number of anilines is 1. The Kier molecular flexibility index (Phi) is 4.94. The topological polar surface area (TPSA) is 87.2 Å². The molecule has 0 bridgehead atoms. The third-order valence-electron chi connectivity index (χ3n) is 2.90. The van der Waals surface area contributed by atoms with Crippen LogP contribution in [0.5, 0.6) is 0 Å². The number of nitrogens with one attached hydrogen (secondary N) is 1. The molecule has 106 valence electrons. The minimum Gasteiger partial charge on any atom is -0.384 e. The highest BCUT2D eigenvalue weighted by Crippen LogP contribution is 2.22. The van der Waals surface area contributed by atoms with E-state index in [4.69, 9.17) is 11.1 Å². The lowest BCUT2D eigenvalue weighted by Gasteiger charge is -2.22. The predicted molar refractivity (Wildman–Crippen MR) is 79.1 cm³/mol. The van der Waals surface area contributed by atoms with E-state index in [1.54, 1.807) is 24.3 Å². The van der Waals surface area contributed by atoms with Crippen LogP contribution >= 0.6 is 0 Å². The van der Waals surface area contributed by atoms with Crippen molar-refractivity contribution in [1.82, 2.24) is 0 Å². The van der Waals surface area contributed by atoms with Gasteiger partial charge in [0.2, 0.25) is 10.0 Å². The molecule has 0 spiro atoms. The van der Waals surface area contributed by atoms with Crippen LogP contribution in [0.1, 0.15) is 25.8 Å². The van der Waals surface area contributed by atoms with Gasteiger partial charge in [-0.2, -0.15) is 0 Å². The molecule has 0 aromatic heterocycles. The Morgan fingerprint density at radius 3 is 2.47 bits per heavy atom. The highest BCUT2D eigenvalue weighted by Gasteiger charge is 2.21. The molecule has 0 amide bonds. The summed E-state index contributed by atoms with van der Waals surface area (Å²) in [5.41, 5.74) is 6.35. The van der Waals surface area contributed by atoms with Gasteiger partial charge in [-0.05, 0) is 24.5 Å². The van der Waals surface area contributed by atoms with Crippen molar-refractivity contribution < 1.29 is 8.42 Å². The molecule has 0 saturated carbocycles. The molecular formula is C13H21N3O2S. The molecule has 0 atom stereocenters. The average Bonchev–Trinajstić information content (AvgIpc) is 2.35. The summed E-state index contributed by atoms with van der Waals surface area (Å²) >= 11 is 0. The van der Waals surface area contributed by atoms with Crippen LogP contribution in [0.15, 0.2) is 24.3 Å². The van der Waals surface area contributed by atoms with Crippen LogP contribution in [0, 0.1) is 11.3 Å². The van der Waals surface area contributed by atoms with Crippen LogP contribution in [-0.2, 0) is 10.0 Å². The van der Waals surface area contributed by atoms with E-state index in [2.05, 4.69) is 0 Å². The molecule has 0 unspecified atom stereocenters. The first-order valence-corrected chi connectivity index (χ1v) is 7.76. The second-order valence-corrected chi connectivity index (χ2v) is 7.02. The second kappa shape index (κ2) is 6.06. The van der Waals surface area contributed by atoms with Gasteiger partial charge in [0.05, 0.1) is 11.4 Å². The molecule has 1 rings (SSSR count). The highest BCUT2D eigenvalue weighted by molar-refractivity contribution is 7.92. The number of hydrogen-bond donors (Lipinski definition) is 2. The molecule has 5 nitrogen and oxygen atoms in total. The Balaban J connectivity index is 3.06. The molecule has 0 heterocycles. The number of rotatable bonds is 6. The fourth-order valence-electron chi connectivity index (χ4n) is 1.65. The molecule has 1 aromatic carbocycles. The third kappa shape index (κ3) is 3.96. The average molecular weight is 283 g/mol. The molecular weight excluding hydrogens is 262 g/mol. The Bertz CT molecular complexity index is 553. The van der Waals surface area contributed by atoms with Crippen LogP contribution in [0.4, 0.5) is 5.69 Å². The summed E-state index contributed by atoms with van der Waals surface area (Å²) in [5.74, 6) is 0.278. The standard InChI is InChI=1S/C13H21N3O2S/c1-10(2)8-9-19(17,18)16(3)12-7-5-4-6-11(12)13(14)15/h4-7,10H,8-9H2,1-3H3,(H3,14,15). The van der Waals surface area contributed by atoms with Crippen LogP contribution < -0.4 is 10.0 Å². The van der Waals surface area contributed by atoms with Crippen molar-refractivity contribution in [3.8, 4) is 0 Å². The molecule has 0 radical (unpaired) electrons. The molecule has 0 aliphatic heterocycles. The first-order chi connectivity index (χ1) is 8.75. The maximum atomic E-state index is 12.2. The lowest BCUT2D eigenvalue weighted by atomic mass is 10.1. The fourth-order valence-corrected chi connectivity index (χ4v) is 3.15. The van der Waals surface area contributed by atoms with E-state index in [1.165, 1.54) is 11.4 Å². The number of sulfonamides is 1. The normalized spacial score (nSPS) is 11.6. The minimum absolute atomic E-state index is 0.0907. The summed E-state index contributed by atoms with van der Waals surface area (Å²) in [4.78, 5) is 0. The molecule has 0 aliphatic carbocycles. The minimum atomic E-state index is -3.38. The lowest BCUT2D eigenvalue weighted by molar-refractivity contribution is 0.572. The van der Waals surface area contributed by atoms with Crippen molar-refractivity contribution in [2.24, 2.45) is 11.7 Å². The van der Waals surface area contributed by atoms with Crippen molar-refractivity contribution in [2.45, 2.75) is 20.3 Å². The SMILES string of the molecule is CC(C)CCS(=O)(=O)N(C)c1ccccc1C(=N)N. The van der Waals surface area contributed by atoms with E-state index in [0.29, 0.717) is 23.6 Å². The zero-order chi connectivity index (χ0) is 14.6. The van der Waals surface area contributed by atoms with Crippen LogP contribution in [0.25, 0.3) is 0 Å². The smallest absolute Gasteiger partial charge is 0.234 e. The predicted octanol–water partition coefficient (Wildman–Crippen LogP) is 1.78. The van der Waals surface area contributed by atoms with Crippen molar-refractivity contribution in [3.05, 3.63) is 29.8 Å². The summed E-state index contributed by atoms with van der Waals surface area (Å²) in [6.45, 7) is 3.97. The highest BCUT2D eigenvalue weighted by atomic mass is 32.2. The molecule has 1 aromatic rings. The van der Waals surface area contributed by atoms with Crippen molar-refractivity contribution >= 4 is 21.5 Å². The van der Waals surface area contributed by atoms with Gasteiger partial charge in [0.1, 0.15) is 5.84 Å². The van der Waals surface area contributed by atoms with Gasteiger partial charge in [-0.1, -0.05) is 26.0 Å². The number of nitrogen functional groups attached to an aromatic ring is 1. The Morgan fingerprint density at radius 2 is 1.95 bits per heavy atom. The lowest BCUT2D eigenvalue weighted by Crippen LogP contribution is -2.31. The van der Waals surface area contributed by atoms with Gasteiger partial charge in [0.15, 0.2) is 0 Å². The van der Waals surface area contributed by atoms with E-state index >= 15 is 0 Å². The van der Waals surface area contributed by atoms with Gasteiger partial charge < -0.3 is 5.73 Å². The summed E-state index contributed by atoms with van der Waals surface area (Å²) < 4.78 is 25.7.